The van der Waals surface area contributed by atoms with Crippen molar-refractivity contribution >= 4 is 11.9 Å². The summed E-state index contributed by atoms with van der Waals surface area (Å²) in [6.45, 7) is 2.85. The minimum Gasteiger partial charge on any atom is -0.486 e. The van der Waals surface area contributed by atoms with E-state index in [4.69, 9.17) is 19.0 Å². The first-order valence-electron chi connectivity index (χ1n) is 8.53. The Kier molecular flexibility index (Phi) is 4.06. The molecule has 26 heavy (non-hydrogen) atoms. The van der Waals surface area contributed by atoms with Crippen molar-refractivity contribution in [3.05, 3.63) is 46.9 Å². The molecule has 2 aromatic rings. The van der Waals surface area contributed by atoms with E-state index in [1.54, 1.807) is 6.92 Å². The molecule has 2 unspecified atom stereocenters. The zero-order chi connectivity index (χ0) is 18.3. The Labute approximate surface area is 149 Å². The normalized spacial score (nSPS) is 20.5. The fraction of sp³-hybridized carbons (Fsp3) is 0.368. The number of rotatable bonds is 5. The second-order valence-corrected chi connectivity index (χ2v) is 6.56. The van der Waals surface area contributed by atoms with Crippen LogP contribution in [-0.4, -0.2) is 30.2 Å². The van der Waals surface area contributed by atoms with Gasteiger partial charge in [0, 0.05) is 5.92 Å². The Bertz CT molecular complexity index is 871. The Hall–Kier alpha value is -2.96. The second-order valence-electron chi connectivity index (χ2n) is 6.56. The van der Waals surface area contributed by atoms with E-state index >= 15 is 0 Å². The molecule has 2 N–H and O–H groups in total. The number of furan rings is 1. The predicted molar refractivity (Wildman–Crippen MR) is 90.5 cm³/mol. The molecule has 0 spiro atoms. The van der Waals surface area contributed by atoms with E-state index in [0.29, 0.717) is 24.7 Å². The summed E-state index contributed by atoms with van der Waals surface area (Å²) < 4.78 is 16.5. The van der Waals surface area contributed by atoms with Gasteiger partial charge < -0.3 is 24.3 Å². The number of hydrogen-bond donors (Lipinski definition) is 2. The summed E-state index contributed by atoms with van der Waals surface area (Å²) >= 11 is 0. The van der Waals surface area contributed by atoms with Gasteiger partial charge in [0.25, 0.3) is 0 Å². The average Bonchev–Trinajstić information content (AvgIpc) is 3.35. The number of aryl methyl sites for hydroxylation is 1. The fourth-order valence-corrected chi connectivity index (χ4v) is 3.29. The largest absolute Gasteiger partial charge is 0.486 e. The molecule has 136 valence electrons. The molecule has 7 nitrogen and oxygen atoms in total. The van der Waals surface area contributed by atoms with Crippen LogP contribution in [0.5, 0.6) is 11.5 Å². The van der Waals surface area contributed by atoms with Crippen LogP contribution in [0.15, 0.2) is 28.7 Å². The molecule has 1 aromatic heterocycles. The van der Waals surface area contributed by atoms with Crippen molar-refractivity contribution in [1.82, 2.24) is 5.32 Å². The molecule has 1 amide bonds. The van der Waals surface area contributed by atoms with E-state index in [9.17, 15) is 9.59 Å². The molecule has 0 bridgehead atoms. The number of aromatic carboxylic acids is 1. The summed E-state index contributed by atoms with van der Waals surface area (Å²) in [6.07, 6.45) is 0.781. The molecular weight excluding hydrogens is 338 g/mol. The van der Waals surface area contributed by atoms with Crippen LogP contribution in [-0.2, 0) is 11.3 Å². The van der Waals surface area contributed by atoms with Crippen LogP contribution in [0.25, 0.3) is 0 Å². The first kappa shape index (κ1) is 16.5. The number of carbonyl (C=O) groups is 2. The monoisotopic (exact) mass is 357 g/mol. The summed E-state index contributed by atoms with van der Waals surface area (Å²) in [5, 5.41) is 11.9. The van der Waals surface area contributed by atoms with Gasteiger partial charge in [0.05, 0.1) is 6.54 Å². The van der Waals surface area contributed by atoms with Gasteiger partial charge in [-0.1, -0.05) is 6.07 Å². The third kappa shape index (κ3) is 3.12. The first-order chi connectivity index (χ1) is 12.5. The molecule has 4 rings (SSSR count). The number of fused-ring (bicyclic) bond motifs is 1. The van der Waals surface area contributed by atoms with Gasteiger partial charge in [-0.3, -0.25) is 4.79 Å². The van der Waals surface area contributed by atoms with Crippen molar-refractivity contribution < 1.29 is 28.6 Å². The van der Waals surface area contributed by atoms with Crippen LogP contribution >= 0.6 is 0 Å². The first-order valence-corrected chi connectivity index (χ1v) is 8.53. The molecular formula is C19H19NO6. The lowest BCUT2D eigenvalue weighted by Gasteiger charge is -2.18. The highest BCUT2D eigenvalue weighted by molar-refractivity contribution is 5.89. The Balaban J connectivity index is 1.35. The van der Waals surface area contributed by atoms with Crippen molar-refractivity contribution in [3.63, 3.8) is 0 Å². The Morgan fingerprint density at radius 2 is 1.96 bits per heavy atom. The van der Waals surface area contributed by atoms with E-state index < -0.39 is 5.97 Å². The fourth-order valence-electron chi connectivity index (χ4n) is 3.29. The van der Waals surface area contributed by atoms with Crippen LogP contribution in [0.4, 0.5) is 0 Å². The predicted octanol–water partition coefficient (Wildman–Crippen LogP) is 2.48. The van der Waals surface area contributed by atoms with Gasteiger partial charge in [0.1, 0.15) is 30.3 Å². The van der Waals surface area contributed by atoms with E-state index in [-0.39, 0.29) is 29.9 Å². The van der Waals surface area contributed by atoms with Gasteiger partial charge in [-0.15, -0.1) is 0 Å². The van der Waals surface area contributed by atoms with Crippen LogP contribution in [0, 0.1) is 12.8 Å². The van der Waals surface area contributed by atoms with Gasteiger partial charge in [0.15, 0.2) is 11.5 Å². The lowest BCUT2D eigenvalue weighted by Crippen LogP contribution is -2.24. The minimum atomic E-state index is -1.04. The van der Waals surface area contributed by atoms with E-state index in [0.717, 1.165) is 23.5 Å². The number of carboxylic acids is 1. The summed E-state index contributed by atoms with van der Waals surface area (Å²) in [5.41, 5.74) is 1.19. The molecule has 1 aliphatic carbocycles. The molecule has 7 heteroatoms. The van der Waals surface area contributed by atoms with Gasteiger partial charge in [0.2, 0.25) is 5.91 Å². The zero-order valence-corrected chi connectivity index (χ0v) is 14.3. The summed E-state index contributed by atoms with van der Waals surface area (Å²) in [5.74, 6) is 1.22. The molecule has 0 saturated heterocycles. The topological polar surface area (TPSA) is 98.0 Å². The Morgan fingerprint density at radius 3 is 2.69 bits per heavy atom. The lowest BCUT2D eigenvalue weighted by atomic mass is 10.1. The third-order valence-electron chi connectivity index (χ3n) is 4.76. The van der Waals surface area contributed by atoms with Crippen LogP contribution in [0.2, 0.25) is 0 Å². The van der Waals surface area contributed by atoms with Crippen LogP contribution in [0.3, 0.4) is 0 Å². The van der Waals surface area contributed by atoms with Crippen LogP contribution in [0.1, 0.15) is 39.8 Å². The van der Waals surface area contributed by atoms with Crippen molar-refractivity contribution in [3.8, 4) is 11.5 Å². The van der Waals surface area contributed by atoms with Gasteiger partial charge in [-0.05, 0) is 43.0 Å². The summed E-state index contributed by atoms with van der Waals surface area (Å²) in [6, 6.07) is 7.25. The number of benzene rings is 1. The van der Waals surface area contributed by atoms with Gasteiger partial charge in [-0.25, -0.2) is 4.79 Å². The van der Waals surface area contributed by atoms with E-state index in [1.165, 1.54) is 6.07 Å². The van der Waals surface area contributed by atoms with E-state index in [1.807, 2.05) is 18.2 Å². The number of carbonyl (C=O) groups excluding carboxylic acids is 1. The molecule has 1 aliphatic heterocycles. The van der Waals surface area contributed by atoms with Crippen molar-refractivity contribution in [1.29, 1.82) is 0 Å². The van der Waals surface area contributed by atoms with Crippen LogP contribution < -0.4 is 14.8 Å². The summed E-state index contributed by atoms with van der Waals surface area (Å²) in [7, 11) is 0. The second kappa shape index (κ2) is 6.40. The molecule has 2 atom stereocenters. The molecule has 1 saturated carbocycles. The molecule has 2 heterocycles. The Morgan fingerprint density at radius 1 is 1.19 bits per heavy atom. The number of ether oxygens (including phenoxy) is 2. The SMILES string of the molecule is Cc1oc(CNC(=O)C2CC2c2ccc3c(c2)OCCO3)cc1C(=O)O. The van der Waals surface area contributed by atoms with Crippen molar-refractivity contribution in [2.75, 3.05) is 13.2 Å². The van der Waals surface area contributed by atoms with Gasteiger partial charge in [-0.2, -0.15) is 0 Å². The number of amides is 1. The van der Waals surface area contributed by atoms with Crippen molar-refractivity contribution in [2.45, 2.75) is 25.8 Å². The highest BCUT2D eigenvalue weighted by Gasteiger charge is 2.44. The minimum absolute atomic E-state index is 0.0594. The molecule has 1 aromatic carbocycles. The number of hydrogen-bond acceptors (Lipinski definition) is 5. The maximum atomic E-state index is 12.4. The molecule has 2 aliphatic rings. The van der Waals surface area contributed by atoms with Crippen molar-refractivity contribution in [2.24, 2.45) is 5.92 Å². The summed E-state index contributed by atoms with van der Waals surface area (Å²) in [4.78, 5) is 23.4. The highest BCUT2D eigenvalue weighted by atomic mass is 16.6. The highest BCUT2D eigenvalue weighted by Crippen LogP contribution is 2.49. The molecule has 1 fully saturated rings. The maximum absolute atomic E-state index is 12.4. The number of carboxylic acid groups (broad SMARTS) is 1. The van der Waals surface area contributed by atoms with Gasteiger partial charge >= 0.3 is 5.97 Å². The van der Waals surface area contributed by atoms with E-state index in [2.05, 4.69) is 5.32 Å². The smallest absolute Gasteiger partial charge is 0.339 e. The lowest BCUT2D eigenvalue weighted by molar-refractivity contribution is -0.122. The number of nitrogens with one attached hydrogen (secondary N) is 1. The zero-order valence-electron chi connectivity index (χ0n) is 14.3. The maximum Gasteiger partial charge on any atom is 0.339 e. The quantitative estimate of drug-likeness (QED) is 0.853. The third-order valence-corrected chi connectivity index (χ3v) is 4.76. The molecule has 0 radical (unpaired) electrons. The standard InChI is InChI=1S/C19H19NO6/c1-10-13(19(22)23)7-12(26-10)9-20-18(21)15-8-14(15)11-2-3-16-17(6-11)25-5-4-24-16/h2-3,6-7,14-15H,4-5,8-9H2,1H3,(H,20,21)(H,22,23). The average molecular weight is 357 g/mol.